The number of hydrogen-bond acceptors (Lipinski definition) is 11. The van der Waals surface area contributed by atoms with Crippen molar-refractivity contribution in [1.82, 2.24) is 15.1 Å². The number of nitrogens with zero attached hydrogens (tertiary/aromatic N) is 2. The molecule has 1 heterocycles. The van der Waals surface area contributed by atoms with E-state index in [2.05, 4.69) is 10.2 Å². The molecule has 3 aliphatic rings. The largest absolute Gasteiger partial charge is 0.510 e. The predicted molar refractivity (Wildman–Crippen MR) is 152 cm³/mol. The lowest BCUT2D eigenvalue weighted by Gasteiger charge is -2.50. The summed E-state index contributed by atoms with van der Waals surface area (Å²) >= 11 is 0. The van der Waals surface area contributed by atoms with Gasteiger partial charge in [0.15, 0.2) is 11.4 Å². The Kier molecular flexibility index (Phi) is 7.52. The third kappa shape index (κ3) is 4.51. The van der Waals surface area contributed by atoms with Gasteiger partial charge in [0.1, 0.15) is 34.4 Å². The summed E-state index contributed by atoms with van der Waals surface area (Å²) in [6.45, 7) is 2.13. The molecule has 5 rings (SSSR count). The fraction of sp³-hybridized carbons (Fsp3) is 0.433. The smallest absolute Gasteiger partial charge is 0.255 e. The van der Waals surface area contributed by atoms with E-state index in [9.17, 15) is 34.8 Å². The summed E-state index contributed by atoms with van der Waals surface area (Å²) in [5.41, 5.74) is 2.71. The van der Waals surface area contributed by atoms with Crippen LogP contribution in [0, 0.1) is 11.8 Å². The predicted octanol–water partition coefficient (Wildman–Crippen LogP) is 1.03. The molecule has 4 atom stereocenters. The number of fused-ring (bicyclic) bond motifs is 3. The van der Waals surface area contributed by atoms with Gasteiger partial charge in [0.05, 0.1) is 18.2 Å². The molecule has 0 saturated heterocycles. The molecule has 1 amide bonds. The topological polar surface area (TPSA) is 190 Å². The Labute approximate surface area is 242 Å². The summed E-state index contributed by atoms with van der Waals surface area (Å²) in [6, 6.07) is 5.60. The van der Waals surface area contributed by atoms with Crippen LogP contribution < -0.4 is 11.1 Å². The molecule has 0 spiro atoms. The third-order valence-corrected chi connectivity index (χ3v) is 8.57. The molecule has 7 N–H and O–H groups in total. The highest BCUT2D eigenvalue weighted by molar-refractivity contribution is 6.24. The Hall–Kier alpha value is -3.97. The van der Waals surface area contributed by atoms with Crippen molar-refractivity contribution in [2.45, 2.75) is 31.0 Å². The summed E-state index contributed by atoms with van der Waals surface area (Å²) in [7, 11) is 7.15. The second-order valence-corrected chi connectivity index (χ2v) is 11.7. The number of nitrogens with two attached hydrogens (primary N) is 1. The van der Waals surface area contributed by atoms with Crippen molar-refractivity contribution in [2.75, 3.05) is 41.3 Å². The van der Waals surface area contributed by atoms with Crippen molar-refractivity contribution in [3.05, 3.63) is 63.8 Å². The molecule has 0 radical (unpaired) electrons. The first-order chi connectivity index (χ1) is 19.8. The summed E-state index contributed by atoms with van der Waals surface area (Å²) in [5.74, 6) is -5.65. The maximum Gasteiger partial charge on any atom is 0.255 e. The van der Waals surface area contributed by atoms with Gasteiger partial charge in [0.2, 0.25) is 5.78 Å². The van der Waals surface area contributed by atoms with E-state index in [-0.39, 0.29) is 29.7 Å². The normalized spacial score (nSPS) is 25.6. The fourth-order valence-electron chi connectivity index (χ4n) is 6.61. The number of aromatic hydroxyl groups is 1. The van der Waals surface area contributed by atoms with Gasteiger partial charge < -0.3 is 40.8 Å². The van der Waals surface area contributed by atoms with Crippen molar-refractivity contribution in [3.63, 3.8) is 0 Å². The van der Waals surface area contributed by atoms with Crippen LogP contribution in [0.2, 0.25) is 0 Å². The standard InChI is InChI=1S/C30H36N4O8/c1-33(2)10-9-32-13-15-5-8-20(42-15)16-6-7-19(35)22-17(16)11-14-12-18-24(34(3)4)26(37)23(29(31)40)28(39)30(18,41)27(38)21(14)25(22)36/h5-8,14,18,24,32,35,37-38,41H,9-13H2,1-4H3,(H2,31,40)/t14-,18-,24-,30-/m0/s1. The molecule has 0 bridgehead atoms. The van der Waals surface area contributed by atoms with Crippen molar-refractivity contribution in [3.8, 4) is 17.1 Å². The third-order valence-electron chi connectivity index (χ3n) is 8.57. The second-order valence-electron chi connectivity index (χ2n) is 11.7. The van der Waals surface area contributed by atoms with Crippen LogP contribution in [0.25, 0.3) is 11.3 Å². The van der Waals surface area contributed by atoms with Crippen molar-refractivity contribution < 1.29 is 39.2 Å². The zero-order valence-electron chi connectivity index (χ0n) is 24.0. The number of likely N-dealkylation sites (N-methyl/N-ethyl adjacent to an activating group) is 2. The molecule has 0 saturated carbocycles. The zero-order chi connectivity index (χ0) is 30.7. The lowest BCUT2D eigenvalue weighted by atomic mass is 9.58. The Balaban J connectivity index is 1.57. The van der Waals surface area contributed by atoms with Crippen LogP contribution in [0.15, 0.2) is 51.3 Å². The number of ketones is 2. The van der Waals surface area contributed by atoms with E-state index in [0.717, 1.165) is 13.1 Å². The molecule has 2 aromatic rings. The van der Waals surface area contributed by atoms with Gasteiger partial charge in [-0.3, -0.25) is 19.3 Å². The van der Waals surface area contributed by atoms with E-state index in [1.807, 2.05) is 20.2 Å². The number of phenolic OH excluding ortho intramolecular Hbond substituents is 1. The highest BCUT2D eigenvalue weighted by Gasteiger charge is 2.63. The summed E-state index contributed by atoms with van der Waals surface area (Å²) in [6.07, 6.45) is 0.190. The van der Waals surface area contributed by atoms with Gasteiger partial charge in [-0.1, -0.05) is 0 Å². The number of aliphatic hydroxyl groups is 3. The van der Waals surface area contributed by atoms with Gasteiger partial charge in [-0.25, -0.2) is 0 Å². The number of Topliss-reactive ketones (excluding diaryl/α,β-unsaturated/α-hetero) is 2. The van der Waals surface area contributed by atoms with Crippen LogP contribution in [0.5, 0.6) is 5.75 Å². The van der Waals surface area contributed by atoms with E-state index in [1.165, 1.54) is 11.0 Å². The van der Waals surface area contributed by atoms with Gasteiger partial charge in [0.25, 0.3) is 5.91 Å². The molecule has 1 aromatic carbocycles. The SMILES string of the molecule is CN(C)CCNCc1ccc(-c2ccc(O)c3c2C[C@H]2C[C@H]4[C@H](N(C)C)C(O)=C(C(N)=O)C(=O)[C@@]4(O)C(O)=C2C3=O)o1. The fourth-order valence-corrected chi connectivity index (χ4v) is 6.61. The van der Waals surface area contributed by atoms with Crippen LogP contribution in [0.3, 0.4) is 0 Å². The maximum absolute atomic E-state index is 13.9. The number of primary amides is 1. The van der Waals surface area contributed by atoms with Crippen molar-refractivity contribution in [1.29, 1.82) is 0 Å². The molecule has 12 nitrogen and oxygen atoms in total. The number of phenols is 1. The Morgan fingerprint density at radius 2 is 1.83 bits per heavy atom. The monoisotopic (exact) mass is 580 g/mol. The minimum Gasteiger partial charge on any atom is -0.510 e. The molecular formula is C30H36N4O8. The van der Waals surface area contributed by atoms with Crippen LogP contribution in [0.1, 0.15) is 28.1 Å². The van der Waals surface area contributed by atoms with E-state index >= 15 is 0 Å². The quantitative estimate of drug-likeness (QED) is 0.193. The molecule has 12 heteroatoms. The first-order valence-corrected chi connectivity index (χ1v) is 13.7. The summed E-state index contributed by atoms with van der Waals surface area (Å²) in [4.78, 5) is 43.0. The van der Waals surface area contributed by atoms with E-state index in [0.29, 0.717) is 29.2 Å². The van der Waals surface area contributed by atoms with E-state index < -0.39 is 58.0 Å². The minimum atomic E-state index is -2.67. The molecule has 0 unspecified atom stereocenters. The summed E-state index contributed by atoms with van der Waals surface area (Å²) in [5, 5.41) is 48.2. The molecule has 42 heavy (non-hydrogen) atoms. The minimum absolute atomic E-state index is 0.0139. The number of hydrogen-bond donors (Lipinski definition) is 6. The molecular weight excluding hydrogens is 544 g/mol. The number of allylic oxidation sites excluding steroid dienone is 1. The average molecular weight is 581 g/mol. The number of aliphatic hydroxyl groups excluding tert-OH is 2. The van der Waals surface area contributed by atoms with Crippen LogP contribution in [0.4, 0.5) is 0 Å². The highest BCUT2D eigenvalue weighted by atomic mass is 16.4. The van der Waals surface area contributed by atoms with Gasteiger partial charge in [-0.2, -0.15) is 0 Å². The Morgan fingerprint density at radius 3 is 2.48 bits per heavy atom. The molecule has 0 fully saturated rings. The van der Waals surface area contributed by atoms with Gasteiger partial charge >= 0.3 is 0 Å². The average Bonchev–Trinajstić information content (AvgIpc) is 3.37. The number of benzene rings is 1. The van der Waals surface area contributed by atoms with Crippen LogP contribution in [-0.4, -0.2) is 101 Å². The number of amides is 1. The number of carbonyl (C=O) groups is 3. The first kappa shape index (κ1) is 29.5. The number of furan rings is 1. The van der Waals surface area contributed by atoms with Gasteiger partial charge in [-0.15, -0.1) is 0 Å². The summed E-state index contributed by atoms with van der Waals surface area (Å²) < 4.78 is 6.08. The van der Waals surface area contributed by atoms with Crippen molar-refractivity contribution >= 4 is 17.5 Å². The lowest BCUT2D eigenvalue weighted by molar-refractivity contribution is -0.148. The zero-order valence-corrected chi connectivity index (χ0v) is 24.0. The van der Waals surface area contributed by atoms with Gasteiger partial charge in [0, 0.05) is 30.1 Å². The van der Waals surface area contributed by atoms with Crippen LogP contribution >= 0.6 is 0 Å². The first-order valence-electron chi connectivity index (χ1n) is 13.7. The Morgan fingerprint density at radius 1 is 1.12 bits per heavy atom. The number of rotatable bonds is 8. The number of carbonyl (C=O) groups excluding carboxylic acids is 3. The van der Waals surface area contributed by atoms with E-state index in [1.54, 1.807) is 26.2 Å². The van der Waals surface area contributed by atoms with Crippen LogP contribution in [-0.2, 0) is 22.6 Å². The molecule has 1 aromatic heterocycles. The molecule has 3 aliphatic carbocycles. The highest BCUT2D eigenvalue weighted by Crippen LogP contribution is 2.53. The number of nitrogens with one attached hydrogen (secondary N) is 1. The lowest BCUT2D eigenvalue weighted by Crippen LogP contribution is -2.63. The van der Waals surface area contributed by atoms with Crippen molar-refractivity contribution in [2.24, 2.45) is 17.6 Å². The molecule has 224 valence electrons. The second kappa shape index (κ2) is 10.7. The Bertz CT molecular complexity index is 1540. The molecule has 0 aliphatic heterocycles. The van der Waals surface area contributed by atoms with Gasteiger partial charge in [-0.05, 0) is 76.8 Å². The van der Waals surface area contributed by atoms with E-state index in [4.69, 9.17) is 10.2 Å². The maximum atomic E-state index is 13.9.